The Balaban J connectivity index is 1.52. The van der Waals surface area contributed by atoms with E-state index in [2.05, 4.69) is 0 Å². The molecule has 3 aliphatic rings. The standard InChI is InChI=1S/C20H24N2O3/c23-17-13-20(10-4-1-5-11-20)19(25)22(17)14-18(24)21-12-6-8-15-7-2-3-9-16(15)21/h2-3,7,9H,1,4-6,8,10-14H2. The molecule has 0 radical (unpaired) electrons. The van der Waals surface area contributed by atoms with E-state index in [0.29, 0.717) is 6.54 Å². The van der Waals surface area contributed by atoms with E-state index in [1.54, 1.807) is 4.90 Å². The summed E-state index contributed by atoms with van der Waals surface area (Å²) in [5.41, 5.74) is 1.56. The summed E-state index contributed by atoms with van der Waals surface area (Å²) in [5, 5.41) is 0. The molecule has 1 aromatic rings. The molecule has 1 aliphatic carbocycles. The third kappa shape index (κ3) is 2.75. The Labute approximate surface area is 148 Å². The van der Waals surface area contributed by atoms with Crippen LogP contribution in [0.25, 0.3) is 0 Å². The zero-order valence-corrected chi connectivity index (χ0v) is 14.5. The van der Waals surface area contributed by atoms with Crippen LogP contribution in [-0.2, 0) is 20.8 Å². The van der Waals surface area contributed by atoms with Crippen LogP contribution in [0.2, 0.25) is 0 Å². The molecule has 25 heavy (non-hydrogen) atoms. The lowest BCUT2D eigenvalue weighted by Gasteiger charge is -2.32. The number of imide groups is 1. The van der Waals surface area contributed by atoms with Crippen LogP contribution in [0.5, 0.6) is 0 Å². The van der Waals surface area contributed by atoms with Gasteiger partial charge in [0.05, 0.1) is 5.41 Å². The largest absolute Gasteiger partial charge is 0.311 e. The molecule has 0 atom stereocenters. The lowest BCUT2D eigenvalue weighted by Crippen LogP contribution is -2.46. The third-order valence-electron chi connectivity index (χ3n) is 6.00. The van der Waals surface area contributed by atoms with Crippen LogP contribution >= 0.6 is 0 Å². The Hall–Kier alpha value is -2.17. The summed E-state index contributed by atoms with van der Waals surface area (Å²) in [4.78, 5) is 41.2. The molecule has 5 heteroatoms. The van der Waals surface area contributed by atoms with Crippen LogP contribution in [0.1, 0.15) is 50.5 Å². The van der Waals surface area contributed by atoms with Crippen molar-refractivity contribution in [2.24, 2.45) is 5.41 Å². The molecule has 1 saturated carbocycles. The quantitative estimate of drug-likeness (QED) is 0.778. The predicted octanol–water partition coefficient (Wildman–Crippen LogP) is 2.68. The van der Waals surface area contributed by atoms with Gasteiger partial charge in [0, 0.05) is 18.7 Å². The van der Waals surface area contributed by atoms with E-state index in [1.165, 1.54) is 4.90 Å². The second-order valence-corrected chi connectivity index (χ2v) is 7.58. The molecule has 2 aliphatic heterocycles. The number of fused-ring (bicyclic) bond motifs is 1. The molecule has 1 aromatic carbocycles. The summed E-state index contributed by atoms with van der Waals surface area (Å²) >= 11 is 0. The van der Waals surface area contributed by atoms with Gasteiger partial charge >= 0.3 is 0 Å². The summed E-state index contributed by atoms with van der Waals surface area (Å²) in [6, 6.07) is 7.89. The van der Waals surface area contributed by atoms with E-state index < -0.39 is 5.41 Å². The minimum Gasteiger partial charge on any atom is -0.311 e. The fourth-order valence-electron chi connectivity index (χ4n) is 4.65. The Morgan fingerprint density at radius 2 is 1.80 bits per heavy atom. The summed E-state index contributed by atoms with van der Waals surface area (Å²) in [5.74, 6) is -0.442. The van der Waals surface area contributed by atoms with Crippen LogP contribution < -0.4 is 4.90 Å². The van der Waals surface area contributed by atoms with Crippen LogP contribution in [-0.4, -0.2) is 35.7 Å². The normalized spacial score (nSPS) is 22.4. The van der Waals surface area contributed by atoms with Crippen molar-refractivity contribution in [3.63, 3.8) is 0 Å². The maximum atomic E-state index is 12.9. The number of carbonyl (C=O) groups is 3. The molecule has 1 spiro atoms. The molecule has 132 valence electrons. The van der Waals surface area contributed by atoms with Crippen molar-refractivity contribution in [1.29, 1.82) is 0 Å². The number of anilines is 1. The zero-order valence-electron chi connectivity index (χ0n) is 14.5. The number of benzene rings is 1. The molecule has 1 saturated heterocycles. The molecular weight excluding hydrogens is 316 g/mol. The van der Waals surface area contributed by atoms with E-state index in [9.17, 15) is 14.4 Å². The van der Waals surface area contributed by atoms with E-state index in [4.69, 9.17) is 0 Å². The summed E-state index contributed by atoms with van der Waals surface area (Å²) < 4.78 is 0. The number of carbonyl (C=O) groups excluding carboxylic acids is 3. The Morgan fingerprint density at radius 3 is 2.60 bits per heavy atom. The van der Waals surface area contributed by atoms with Crippen LogP contribution in [0.15, 0.2) is 24.3 Å². The van der Waals surface area contributed by atoms with Crippen molar-refractivity contribution < 1.29 is 14.4 Å². The molecule has 3 amide bonds. The van der Waals surface area contributed by atoms with Crippen molar-refractivity contribution in [3.05, 3.63) is 29.8 Å². The van der Waals surface area contributed by atoms with Crippen molar-refractivity contribution in [3.8, 4) is 0 Å². The van der Waals surface area contributed by atoms with Gasteiger partial charge in [0.1, 0.15) is 6.54 Å². The highest BCUT2D eigenvalue weighted by atomic mass is 16.2. The number of hydrogen-bond donors (Lipinski definition) is 0. The van der Waals surface area contributed by atoms with E-state index in [1.807, 2.05) is 24.3 Å². The second-order valence-electron chi connectivity index (χ2n) is 7.58. The average Bonchev–Trinajstić information content (AvgIpc) is 2.86. The molecule has 0 N–H and O–H groups in total. The highest BCUT2D eigenvalue weighted by Gasteiger charge is 2.52. The summed E-state index contributed by atoms with van der Waals surface area (Å²) in [6.45, 7) is 0.533. The van der Waals surface area contributed by atoms with Gasteiger partial charge in [-0.05, 0) is 37.3 Å². The first-order valence-corrected chi connectivity index (χ1v) is 9.34. The Kier molecular flexibility index (Phi) is 4.10. The summed E-state index contributed by atoms with van der Waals surface area (Å²) in [7, 11) is 0. The number of hydrogen-bond acceptors (Lipinski definition) is 3. The first kappa shape index (κ1) is 16.3. The monoisotopic (exact) mass is 340 g/mol. The molecule has 4 rings (SSSR count). The van der Waals surface area contributed by atoms with Gasteiger partial charge in [0.15, 0.2) is 0 Å². The first-order chi connectivity index (χ1) is 12.1. The number of nitrogens with zero attached hydrogens (tertiary/aromatic N) is 2. The molecule has 2 fully saturated rings. The van der Waals surface area contributed by atoms with E-state index in [0.717, 1.165) is 56.2 Å². The number of likely N-dealkylation sites (tertiary alicyclic amines) is 1. The van der Waals surface area contributed by atoms with Gasteiger partial charge in [-0.15, -0.1) is 0 Å². The highest BCUT2D eigenvalue weighted by Crippen LogP contribution is 2.45. The lowest BCUT2D eigenvalue weighted by molar-refractivity contribution is -0.145. The van der Waals surface area contributed by atoms with Gasteiger partial charge in [-0.3, -0.25) is 19.3 Å². The fourth-order valence-corrected chi connectivity index (χ4v) is 4.65. The van der Waals surface area contributed by atoms with Gasteiger partial charge in [0.25, 0.3) is 0 Å². The maximum absolute atomic E-state index is 12.9. The molecule has 5 nitrogen and oxygen atoms in total. The number of para-hydroxylation sites is 1. The van der Waals surface area contributed by atoms with Crippen LogP contribution in [0.3, 0.4) is 0 Å². The SMILES string of the molecule is O=C1CC2(CCCCC2)C(=O)N1CC(=O)N1CCCc2ccccc21. The minimum atomic E-state index is -0.518. The average molecular weight is 340 g/mol. The van der Waals surface area contributed by atoms with E-state index >= 15 is 0 Å². The van der Waals surface area contributed by atoms with Crippen molar-refractivity contribution in [2.75, 3.05) is 18.0 Å². The molecular formula is C20H24N2O3. The van der Waals surface area contributed by atoms with Gasteiger partial charge in [0.2, 0.25) is 17.7 Å². The number of aryl methyl sites for hydroxylation is 1. The predicted molar refractivity (Wildman–Crippen MR) is 94.0 cm³/mol. The van der Waals surface area contributed by atoms with Crippen molar-refractivity contribution >= 4 is 23.4 Å². The lowest BCUT2D eigenvalue weighted by atomic mass is 9.73. The zero-order chi connectivity index (χ0) is 17.4. The number of amides is 3. The molecule has 0 aromatic heterocycles. The van der Waals surface area contributed by atoms with Gasteiger partial charge in [-0.2, -0.15) is 0 Å². The van der Waals surface area contributed by atoms with Crippen LogP contribution in [0.4, 0.5) is 5.69 Å². The summed E-state index contributed by atoms with van der Waals surface area (Å²) in [6.07, 6.45) is 6.87. The fraction of sp³-hybridized carbons (Fsp3) is 0.550. The van der Waals surface area contributed by atoms with E-state index in [-0.39, 0.29) is 30.7 Å². The Bertz CT molecular complexity index is 721. The molecule has 2 heterocycles. The smallest absolute Gasteiger partial charge is 0.247 e. The van der Waals surface area contributed by atoms with Crippen molar-refractivity contribution in [2.45, 2.75) is 51.4 Å². The number of rotatable bonds is 2. The van der Waals surface area contributed by atoms with Gasteiger partial charge < -0.3 is 4.90 Å². The second kappa shape index (κ2) is 6.28. The van der Waals surface area contributed by atoms with Gasteiger partial charge in [-0.1, -0.05) is 37.5 Å². The van der Waals surface area contributed by atoms with Crippen LogP contribution in [0, 0.1) is 5.41 Å². The van der Waals surface area contributed by atoms with Gasteiger partial charge in [-0.25, -0.2) is 0 Å². The molecule has 0 bridgehead atoms. The highest BCUT2D eigenvalue weighted by molar-refractivity contribution is 6.09. The third-order valence-corrected chi connectivity index (χ3v) is 6.00. The maximum Gasteiger partial charge on any atom is 0.247 e. The van der Waals surface area contributed by atoms with Crippen molar-refractivity contribution in [1.82, 2.24) is 4.90 Å². The molecule has 0 unspecified atom stereocenters. The topological polar surface area (TPSA) is 57.7 Å². The minimum absolute atomic E-state index is 0.115. The Morgan fingerprint density at radius 1 is 1.04 bits per heavy atom. The first-order valence-electron chi connectivity index (χ1n) is 9.34.